The van der Waals surface area contributed by atoms with Gasteiger partial charge in [-0.2, -0.15) is 0 Å². The van der Waals surface area contributed by atoms with Gasteiger partial charge in [-0.1, -0.05) is 0 Å². The fraction of sp³-hybridized carbons (Fsp3) is 0.375. The number of ether oxygens (including phenoxy) is 1. The van der Waals surface area contributed by atoms with E-state index < -0.39 is 15.4 Å². The molecule has 1 aromatic rings. The highest BCUT2D eigenvalue weighted by Crippen LogP contribution is 2.17. The van der Waals surface area contributed by atoms with Crippen molar-refractivity contribution in [2.24, 2.45) is 0 Å². The lowest BCUT2D eigenvalue weighted by Crippen LogP contribution is -2.18. The first-order chi connectivity index (χ1) is 6.48. The molecule has 0 aromatic carbocycles. The quantitative estimate of drug-likeness (QED) is 0.704. The van der Waals surface area contributed by atoms with Crippen LogP contribution in [0.2, 0.25) is 0 Å². The zero-order chi connectivity index (χ0) is 10.3. The van der Waals surface area contributed by atoms with Crippen molar-refractivity contribution >= 4 is 9.84 Å². The summed E-state index contributed by atoms with van der Waals surface area (Å²) in [6.45, 7) is 0.698. The van der Waals surface area contributed by atoms with E-state index in [1.165, 1.54) is 6.07 Å². The third-order valence-electron chi connectivity index (χ3n) is 2.08. The Morgan fingerprint density at radius 2 is 2.14 bits per heavy atom. The lowest BCUT2D eigenvalue weighted by molar-refractivity contribution is 0.133. The summed E-state index contributed by atoms with van der Waals surface area (Å²) in [5.41, 5.74) is 0.837. The summed E-state index contributed by atoms with van der Waals surface area (Å²) in [6.07, 6.45) is 1.01. The summed E-state index contributed by atoms with van der Waals surface area (Å²) in [4.78, 5) is 13.6. The monoisotopic (exact) mass is 215 g/mol. The minimum atomic E-state index is -3.45. The molecule has 0 bridgehead atoms. The highest BCUT2D eigenvalue weighted by molar-refractivity contribution is 7.90. The van der Waals surface area contributed by atoms with Crippen molar-refractivity contribution in [1.29, 1.82) is 0 Å². The molecule has 14 heavy (non-hydrogen) atoms. The second-order valence-electron chi connectivity index (χ2n) is 3.23. The summed E-state index contributed by atoms with van der Waals surface area (Å²) in [6, 6.07) is 1.39. The van der Waals surface area contributed by atoms with E-state index in [1.54, 1.807) is 0 Å². The molecule has 1 aromatic heterocycles. The lowest BCUT2D eigenvalue weighted by Gasteiger charge is -2.00. The van der Waals surface area contributed by atoms with E-state index in [0.29, 0.717) is 18.9 Å². The molecule has 2 rings (SSSR count). The average molecular weight is 215 g/mol. The third kappa shape index (κ3) is 1.46. The van der Waals surface area contributed by atoms with E-state index in [-0.39, 0.29) is 4.90 Å². The lowest BCUT2D eigenvalue weighted by atomic mass is 10.2. The summed E-state index contributed by atoms with van der Waals surface area (Å²) < 4.78 is 27.5. The Balaban J connectivity index is 2.71. The van der Waals surface area contributed by atoms with Crippen molar-refractivity contribution in [3.05, 3.63) is 27.7 Å². The van der Waals surface area contributed by atoms with Crippen molar-refractivity contribution in [3.63, 3.8) is 0 Å². The van der Waals surface area contributed by atoms with Crippen LogP contribution in [0.15, 0.2) is 15.8 Å². The molecule has 0 saturated carbocycles. The van der Waals surface area contributed by atoms with Crippen LogP contribution < -0.4 is 5.56 Å². The number of sulfone groups is 1. The van der Waals surface area contributed by atoms with Crippen LogP contribution in [0, 0.1) is 0 Å². The van der Waals surface area contributed by atoms with E-state index in [9.17, 15) is 13.2 Å². The first-order valence-corrected chi connectivity index (χ1v) is 5.90. The molecular weight excluding hydrogens is 206 g/mol. The number of hydrogen-bond acceptors (Lipinski definition) is 4. The molecule has 6 heteroatoms. The molecule has 5 nitrogen and oxygen atoms in total. The molecule has 0 unspecified atom stereocenters. The maximum atomic E-state index is 11.3. The topological polar surface area (TPSA) is 76.2 Å². The van der Waals surface area contributed by atoms with Gasteiger partial charge in [0.2, 0.25) is 0 Å². The van der Waals surface area contributed by atoms with Crippen LogP contribution in [0.3, 0.4) is 0 Å². The molecule has 0 atom stereocenters. The van der Waals surface area contributed by atoms with Gasteiger partial charge in [-0.15, -0.1) is 0 Å². The summed E-state index contributed by atoms with van der Waals surface area (Å²) in [7, 11) is -3.45. The molecule has 2 heterocycles. The smallest absolute Gasteiger partial charge is 0.267 e. The van der Waals surface area contributed by atoms with Crippen LogP contribution in [0.5, 0.6) is 0 Å². The van der Waals surface area contributed by atoms with Gasteiger partial charge in [0.1, 0.15) is 4.90 Å². The molecule has 0 aliphatic carbocycles. The first-order valence-electron chi connectivity index (χ1n) is 4.01. The van der Waals surface area contributed by atoms with Gasteiger partial charge in [0, 0.05) is 17.5 Å². The number of rotatable bonds is 1. The van der Waals surface area contributed by atoms with E-state index >= 15 is 0 Å². The molecule has 1 aliphatic heterocycles. The molecular formula is C8H9NO4S. The predicted molar refractivity (Wildman–Crippen MR) is 48.7 cm³/mol. The van der Waals surface area contributed by atoms with E-state index in [2.05, 4.69) is 4.98 Å². The van der Waals surface area contributed by atoms with Crippen LogP contribution in [-0.2, 0) is 27.8 Å². The minimum Gasteiger partial charge on any atom is -0.370 e. The van der Waals surface area contributed by atoms with Crippen LogP contribution in [0.1, 0.15) is 11.3 Å². The van der Waals surface area contributed by atoms with Crippen LogP contribution in [0.4, 0.5) is 0 Å². The highest BCUT2D eigenvalue weighted by atomic mass is 32.2. The van der Waals surface area contributed by atoms with Crippen LogP contribution in [0.25, 0.3) is 0 Å². The number of H-pyrrole nitrogens is 1. The highest BCUT2D eigenvalue weighted by Gasteiger charge is 2.19. The van der Waals surface area contributed by atoms with Crippen molar-refractivity contribution < 1.29 is 13.2 Å². The Morgan fingerprint density at radius 3 is 2.79 bits per heavy atom. The Labute approximate surface area is 80.6 Å². The summed E-state index contributed by atoms with van der Waals surface area (Å²) in [5.74, 6) is 0. The molecule has 0 saturated heterocycles. The number of aromatic amines is 1. The first kappa shape index (κ1) is 9.42. The van der Waals surface area contributed by atoms with Crippen molar-refractivity contribution in [1.82, 2.24) is 4.98 Å². The second kappa shape index (κ2) is 2.93. The van der Waals surface area contributed by atoms with E-state index in [0.717, 1.165) is 11.8 Å². The Hall–Kier alpha value is -1.14. The number of aromatic nitrogens is 1. The molecule has 1 N–H and O–H groups in total. The van der Waals surface area contributed by atoms with Crippen molar-refractivity contribution in [3.8, 4) is 0 Å². The molecule has 0 fully saturated rings. The standard InChI is InChI=1S/C8H9NO4S/c1-14(11,12)7-2-5-3-13-4-6(5)9-8(7)10/h2H,3-4H2,1H3,(H,9,10). The van der Waals surface area contributed by atoms with Gasteiger partial charge < -0.3 is 9.72 Å². The summed E-state index contributed by atoms with van der Waals surface area (Å²) in [5, 5.41) is 0. The number of pyridine rings is 1. The molecule has 0 radical (unpaired) electrons. The van der Waals surface area contributed by atoms with Gasteiger partial charge in [-0.3, -0.25) is 4.79 Å². The molecule has 0 amide bonds. The molecule has 1 aliphatic rings. The van der Waals surface area contributed by atoms with Crippen molar-refractivity contribution in [2.45, 2.75) is 18.1 Å². The van der Waals surface area contributed by atoms with Gasteiger partial charge in [0.05, 0.1) is 13.2 Å². The van der Waals surface area contributed by atoms with Crippen LogP contribution in [-0.4, -0.2) is 19.7 Å². The molecule has 76 valence electrons. The van der Waals surface area contributed by atoms with Crippen molar-refractivity contribution in [2.75, 3.05) is 6.26 Å². The number of fused-ring (bicyclic) bond motifs is 1. The zero-order valence-electron chi connectivity index (χ0n) is 7.53. The fourth-order valence-corrected chi connectivity index (χ4v) is 2.13. The summed E-state index contributed by atoms with van der Waals surface area (Å²) >= 11 is 0. The average Bonchev–Trinajstić information content (AvgIpc) is 2.47. The second-order valence-corrected chi connectivity index (χ2v) is 5.22. The van der Waals surface area contributed by atoms with Gasteiger partial charge >= 0.3 is 0 Å². The third-order valence-corrected chi connectivity index (χ3v) is 3.19. The molecule has 0 spiro atoms. The predicted octanol–water partition coefficient (Wildman–Crippen LogP) is -0.191. The number of hydrogen-bond donors (Lipinski definition) is 1. The van der Waals surface area contributed by atoms with Gasteiger partial charge in [-0.05, 0) is 6.07 Å². The number of nitrogens with one attached hydrogen (secondary N) is 1. The van der Waals surface area contributed by atoms with E-state index in [1.807, 2.05) is 0 Å². The van der Waals surface area contributed by atoms with Gasteiger partial charge in [0.25, 0.3) is 5.56 Å². The van der Waals surface area contributed by atoms with Crippen LogP contribution >= 0.6 is 0 Å². The zero-order valence-corrected chi connectivity index (χ0v) is 8.35. The fourth-order valence-electron chi connectivity index (χ4n) is 1.39. The van der Waals surface area contributed by atoms with E-state index in [4.69, 9.17) is 4.74 Å². The Kier molecular flexibility index (Phi) is 1.97. The largest absolute Gasteiger partial charge is 0.370 e. The Bertz CT molecular complexity index is 529. The SMILES string of the molecule is CS(=O)(=O)c1cc2c([nH]c1=O)COC2. The van der Waals surface area contributed by atoms with Gasteiger partial charge in [0.15, 0.2) is 9.84 Å². The minimum absolute atomic E-state index is 0.193. The normalized spacial score (nSPS) is 15.5. The Morgan fingerprint density at radius 1 is 1.43 bits per heavy atom. The van der Waals surface area contributed by atoms with Gasteiger partial charge in [-0.25, -0.2) is 8.42 Å². The maximum absolute atomic E-state index is 11.3. The maximum Gasteiger partial charge on any atom is 0.267 e.